The first kappa shape index (κ1) is 28.9. The van der Waals surface area contributed by atoms with E-state index < -0.39 is 22.2 Å². The molecule has 6 rings (SSSR count). The maximum atomic E-state index is 15.1. The molecule has 2 aromatic heterocycles. The third-order valence-electron chi connectivity index (χ3n) is 8.22. The molecule has 14 heteroatoms. The van der Waals surface area contributed by atoms with Crippen molar-refractivity contribution in [3.8, 4) is 16.9 Å². The van der Waals surface area contributed by atoms with Crippen molar-refractivity contribution in [2.75, 3.05) is 18.4 Å². The highest BCUT2D eigenvalue weighted by atomic mass is 35.5. The molecule has 3 heterocycles. The van der Waals surface area contributed by atoms with E-state index in [1.165, 1.54) is 10.5 Å². The van der Waals surface area contributed by atoms with Gasteiger partial charge in [-0.15, -0.1) is 0 Å². The molecule has 11 nitrogen and oxygen atoms in total. The molecule has 1 saturated heterocycles. The number of aromatic nitrogens is 4. The van der Waals surface area contributed by atoms with Crippen molar-refractivity contribution < 1.29 is 17.9 Å². The molecule has 0 bridgehead atoms. The zero-order valence-corrected chi connectivity index (χ0v) is 24.6. The first-order valence-corrected chi connectivity index (χ1v) is 15.8. The molecule has 0 amide bonds. The minimum absolute atomic E-state index is 0.0769. The number of rotatable bonds is 9. The third-order valence-corrected chi connectivity index (χ3v) is 10.9. The summed E-state index contributed by atoms with van der Waals surface area (Å²) in [7, 11) is -3.43. The molecule has 3 aliphatic rings. The highest BCUT2D eigenvalue weighted by molar-refractivity contribution is 7.90. The van der Waals surface area contributed by atoms with Crippen LogP contribution in [0.2, 0.25) is 5.02 Å². The van der Waals surface area contributed by atoms with E-state index in [2.05, 4.69) is 37.5 Å². The van der Waals surface area contributed by atoms with Crippen LogP contribution in [0, 0.1) is 6.57 Å². The standard InChI is InChI=1S/C28H32ClFN8O3S/c1-28(10-19(39)11-28)33-12-17-3-6-25(21(29)9-17)38-15-18(13-34-38)26-24(31-2)14-32-27(36-26)35-23-7-8-37(16-22(23)30)42(40,41)20-4-5-20/h3,6,9,13-15,19-20,22-23,33,39H,4-5,7-8,10-12,16H2,1H3,(H,32,35,36)/t19?,22-,23+,28?/m1/s1. The Morgan fingerprint density at radius 3 is 2.71 bits per heavy atom. The highest BCUT2D eigenvalue weighted by Gasteiger charge is 2.43. The van der Waals surface area contributed by atoms with Gasteiger partial charge in [0, 0.05) is 43.1 Å². The van der Waals surface area contributed by atoms with Gasteiger partial charge in [-0.1, -0.05) is 17.7 Å². The van der Waals surface area contributed by atoms with Crippen LogP contribution in [0.5, 0.6) is 0 Å². The molecule has 3 N–H and O–H groups in total. The van der Waals surface area contributed by atoms with E-state index in [0.29, 0.717) is 41.4 Å². The molecule has 1 aliphatic heterocycles. The Bertz CT molecular complexity index is 1630. The molecule has 222 valence electrons. The number of benzene rings is 1. The largest absolute Gasteiger partial charge is 0.393 e. The van der Waals surface area contributed by atoms with Crippen molar-refractivity contribution in [1.29, 1.82) is 0 Å². The Kier molecular flexibility index (Phi) is 7.69. The summed E-state index contributed by atoms with van der Waals surface area (Å²) in [6.07, 6.45) is 6.00. The van der Waals surface area contributed by atoms with Crippen LogP contribution in [-0.4, -0.2) is 79.8 Å². The second-order valence-electron chi connectivity index (χ2n) is 11.6. The van der Waals surface area contributed by atoms with Gasteiger partial charge < -0.3 is 15.7 Å². The third kappa shape index (κ3) is 5.87. The summed E-state index contributed by atoms with van der Waals surface area (Å²) < 4.78 is 43.0. The molecular formula is C28H32ClFN8O3S. The van der Waals surface area contributed by atoms with Gasteiger partial charge in [0.15, 0.2) is 0 Å². The fourth-order valence-electron chi connectivity index (χ4n) is 5.62. The van der Waals surface area contributed by atoms with Gasteiger partial charge in [0.1, 0.15) is 6.17 Å². The van der Waals surface area contributed by atoms with Crippen LogP contribution in [0.25, 0.3) is 21.8 Å². The van der Waals surface area contributed by atoms with Crippen LogP contribution < -0.4 is 10.6 Å². The lowest BCUT2D eigenvalue weighted by atomic mass is 9.76. The van der Waals surface area contributed by atoms with Gasteiger partial charge in [-0.2, -0.15) is 9.40 Å². The summed E-state index contributed by atoms with van der Waals surface area (Å²) in [5.41, 5.74) is 2.69. The van der Waals surface area contributed by atoms with Gasteiger partial charge in [-0.25, -0.2) is 32.3 Å². The van der Waals surface area contributed by atoms with Crippen LogP contribution in [0.15, 0.2) is 36.8 Å². The molecular weight excluding hydrogens is 583 g/mol. The number of nitrogens with one attached hydrogen (secondary N) is 2. The number of hydrogen-bond acceptors (Lipinski definition) is 8. The number of halogens is 2. The summed E-state index contributed by atoms with van der Waals surface area (Å²) >= 11 is 6.62. The predicted octanol–water partition coefficient (Wildman–Crippen LogP) is 3.85. The average Bonchev–Trinajstić information content (AvgIpc) is 3.71. The maximum Gasteiger partial charge on any atom is 0.231 e. The van der Waals surface area contributed by atoms with Crippen LogP contribution >= 0.6 is 11.6 Å². The van der Waals surface area contributed by atoms with E-state index in [-0.39, 0.29) is 48.0 Å². The zero-order chi connectivity index (χ0) is 29.6. The molecule has 3 fully saturated rings. The van der Waals surface area contributed by atoms with E-state index in [9.17, 15) is 13.5 Å². The average molecular weight is 615 g/mol. The summed E-state index contributed by atoms with van der Waals surface area (Å²) in [6.45, 7) is 10.3. The Morgan fingerprint density at radius 1 is 1.26 bits per heavy atom. The molecule has 1 aromatic carbocycles. The lowest BCUT2D eigenvalue weighted by Gasteiger charge is -2.43. The van der Waals surface area contributed by atoms with Crippen molar-refractivity contribution in [3.05, 3.63) is 58.8 Å². The summed E-state index contributed by atoms with van der Waals surface area (Å²) in [6, 6.07) is 5.04. The summed E-state index contributed by atoms with van der Waals surface area (Å²) in [5, 5.41) is 20.7. The Balaban J connectivity index is 1.15. The van der Waals surface area contributed by atoms with Crippen molar-refractivity contribution in [2.24, 2.45) is 0 Å². The van der Waals surface area contributed by atoms with Crippen molar-refractivity contribution in [3.63, 3.8) is 0 Å². The minimum atomic E-state index is -3.43. The molecule has 0 radical (unpaired) electrons. The first-order valence-electron chi connectivity index (χ1n) is 14.0. The van der Waals surface area contributed by atoms with Crippen molar-refractivity contribution in [1.82, 2.24) is 29.4 Å². The number of anilines is 1. The smallest absolute Gasteiger partial charge is 0.231 e. The molecule has 0 unspecified atom stereocenters. The Hall–Kier alpha value is -3.15. The first-order chi connectivity index (χ1) is 20.0. The lowest BCUT2D eigenvalue weighted by molar-refractivity contribution is 0.0109. The lowest BCUT2D eigenvalue weighted by Crippen LogP contribution is -2.54. The molecule has 2 aliphatic carbocycles. The predicted molar refractivity (Wildman–Crippen MR) is 157 cm³/mol. The SMILES string of the molecule is [C-]#[N+]c1cnc(N[C@H]2CCN(S(=O)(=O)C3CC3)C[C@H]2F)nc1-c1cnn(-c2ccc(CNC3(C)CC(O)C3)cc2Cl)c1. The van der Waals surface area contributed by atoms with E-state index >= 15 is 4.39 Å². The number of nitrogens with zero attached hydrogens (tertiary/aromatic N) is 6. The highest BCUT2D eigenvalue weighted by Crippen LogP contribution is 2.35. The molecule has 3 aromatic rings. The summed E-state index contributed by atoms with van der Waals surface area (Å²) in [4.78, 5) is 12.3. The van der Waals surface area contributed by atoms with Gasteiger partial charge in [0.2, 0.25) is 21.7 Å². The van der Waals surface area contributed by atoms with Crippen LogP contribution in [0.4, 0.5) is 16.0 Å². The topological polar surface area (TPSA) is 130 Å². The maximum absolute atomic E-state index is 15.1. The second-order valence-corrected chi connectivity index (χ2v) is 14.3. The fourth-order valence-corrected chi connectivity index (χ4v) is 7.77. The molecule has 2 saturated carbocycles. The van der Waals surface area contributed by atoms with Crippen LogP contribution in [-0.2, 0) is 16.6 Å². The number of aliphatic hydroxyl groups excluding tert-OH is 1. The second kappa shape index (κ2) is 11.2. The van der Waals surface area contributed by atoms with Crippen molar-refractivity contribution >= 4 is 33.3 Å². The van der Waals surface area contributed by atoms with E-state index in [4.69, 9.17) is 18.2 Å². The minimum Gasteiger partial charge on any atom is -0.393 e. The van der Waals surface area contributed by atoms with Gasteiger partial charge >= 0.3 is 0 Å². The zero-order valence-electron chi connectivity index (χ0n) is 23.0. The van der Waals surface area contributed by atoms with Crippen LogP contribution in [0.1, 0.15) is 44.6 Å². The van der Waals surface area contributed by atoms with Crippen LogP contribution in [0.3, 0.4) is 0 Å². The summed E-state index contributed by atoms with van der Waals surface area (Å²) in [5.74, 6) is 0.152. The fraction of sp³-hybridized carbons (Fsp3) is 0.500. The Labute approximate surface area is 249 Å². The normalized spacial score (nSPS) is 26.4. The molecule has 0 spiro atoms. The molecule has 2 atom stereocenters. The van der Waals surface area contributed by atoms with E-state index in [0.717, 1.165) is 18.4 Å². The molecule has 42 heavy (non-hydrogen) atoms. The van der Waals surface area contributed by atoms with Crippen molar-refractivity contribution in [2.45, 2.75) is 74.7 Å². The number of aliphatic hydroxyl groups is 1. The van der Waals surface area contributed by atoms with E-state index in [1.807, 2.05) is 18.2 Å². The quantitative estimate of drug-likeness (QED) is 0.310. The van der Waals surface area contributed by atoms with Gasteiger partial charge in [0.05, 0.1) is 46.6 Å². The monoisotopic (exact) mass is 614 g/mol. The number of piperidine rings is 1. The van der Waals surface area contributed by atoms with E-state index in [1.54, 1.807) is 17.1 Å². The Morgan fingerprint density at radius 2 is 2.05 bits per heavy atom. The number of alkyl halides is 1. The van der Waals surface area contributed by atoms with Gasteiger partial charge in [-0.3, -0.25) is 0 Å². The number of sulfonamides is 1. The van der Waals surface area contributed by atoms with Gasteiger partial charge in [-0.05, 0) is 56.7 Å². The van der Waals surface area contributed by atoms with Gasteiger partial charge in [0.25, 0.3) is 0 Å². The number of hydrogen-bond donors (Lipinski definition) is 3.